The van der Waals surface area contributed by atoms with Crippen molar-refractivity contribution in [2.45, 2.75) is 16.2 Å². The van der Waals surface area contributed by atoms with Crippen molar-refractivity contribution in [1.82, 2.24) is 4.90 Å². The molecule has 5 heteroatoms. The first-order valence-corrected chi connectivity index (χ1v) is 8.73. The first-order valence-electron chi connectivity index (χ1n) is 7.16. The van der Waals surface area contributed by atoms with Gasteiger partial charge in [-0.1, -0.05) is 35.0 Å². The van der Waals surface area contributed by atoms with Crippen molar-refractivity contribution >= 4 is 40.7 Å². The monoisotopic (exact) mass is 354 g/mol. The average molecular weight is 355 g/mol. The lowest BCUT2D eigenvalue weighted by atomic mass is 10.3. The number of hydrogen-bond acceptors (Lipinski definition) is 3. The molecule has 0 bridgehead atoms. The fourth-order valence-electron chi connectivity index (χ4n) is 1.98. The maximum absolute atomic E-state index is 6.13. The van der Waals surface area contributed by atoms with E-state index in [1.54, 1.807) is 11.8 Å². The summed E-state index contributed by atoms with van der Waals surface area (Å²) in [5, 5.41) is 4.98. The van der Waals surface area contributed by atoms with Crippen LogP contribution in [0.1, 0.15) is 6.42 Å². The smallest absolute Gasteiger partial charge is 0.0496 e. The summed E-state index contributed by atoms with van der Waals surface area (Å²) in [7, 11) is 4.17. The number of benzene rings is 2. The number of rotatable bonds is 7. The lowest BCUT2D eigenvalue weighted by Crippen LogP contribution is -2.16. The summed E-state index contributed by atoms with van der Waals surface area (Å²) in [6.45, 7) is 1.99. The molecule has 2 nitrogen and oxygen atoms in total. The molecule has 0 spiro atoms. The topological polar surface area (TPSA) is 15.3 Å². The highest BCUT2D eigenvalue weighted by atomic mass is 35.5. The van der Waals surface area contributed by atoms with E-state index in [9.17, 15) is 0 Å². The summed E-state index contributed by atoms with van der Waals surface area (Å²) in [4.78, 5) is 4.50. The van der Waals surface area contributed by atoms with E-state index in [1.807, 2.05) is 36.4 Å². The van der Waals surface area contributed by atoms with E-state index >= 15 is 0 Å². The quantitative estimate of drug-likeness (QED) is 0.660. The number of halogens is 2. The zero-order chi connectivity index (χ0) is 15.9. The Morgan fingerprint density at radius 1 is 1.00 bits per heavy atom. The zero-order valence-electron chi connectivity index (χ0n) is 12.8. The highest BCUT2D eigenvalue weighted by Crippen LogP contribution is 2.35. The Bertz CT molecular complexity index is 600. The molecular formula is C17H20Cl2N2S. The summed E-state index contributed by atoms with van der Waals surface area (Å²) < 4.78 is 0. The Balaban J connectivity index is 2.05. The number of nitrogens with one attached hydrogen (secondary N) is 1. The van der Waals surface area contributed by atoms with Crippen molar-refractivity contribution in [3.8, 4) is 0 Å². The lowest BCUT2D eigenvalue weighted by Gasteiger charge is -2.14. The van der Waals surface area contributed by atoms with Gasteiger partial charge in [0.05, 0.1) is 0 Å². The Labute approximate surface area is 146 Å². The second-order valence-electron chi connectivity index (χ2n) is 5.28. The van der Waals surface area contributed by atoms with Gasteiger partial charge in [-0.2, -0.15) is 0 Å². The average Bonchev–Trinajstić information content (AvgIpc) is 2.48. The Morgan fingerprint density at radius 2 is 1.68 bits per heavy atom. The highest BCUT2D eigenvalue weighted by Gasteiger charge is 2.06. The number of nitrogens with zero attached hydrogens (tertiary/aromatic N) is 1. The van der Waals surface area contributed by atoms with Gasteiger partial charge in [0.2, 0.25) is 0 Å². The normalized spacial score (nSPS) is 11.0. The fraction of sp³-hybridized carbons (Fsp3) is 0.294. The van der Waals surface area contributed by atoms with E-state index in [0.29, 0.717) is 0 Å². The van der Waals surface area contributed by atoms with E-state index in [1.165, 1.54) is 0 Å². The molecule has 0 radical (unpaired) electrons. The molecule has 0 heterocycles. The van der Waals surface area contributed by atoms with Crippen molar-refractivity contribution in [1.29, 1.82) is 0 Å². The SMILES string of the molecule is CN(C)CCCNc1cc(Cl)ccc1Sc1ccc(Cl)cc1. The predicted octanol–water partition coefficient (Wildman–Crippen LogP) is 5.51. The van der Waals surface area contributed by atoms with Gasteiger partial charge < -0.3 is 10.2 Å². The van der Waals surface area contributed by atoms with Crippen LogP contribution in [-0.2, 0) is 0 Å². The van der Waals surface area contributed by atoms with Crippen molar-refractivity contribution in [3.05, 3.63) is 52.5 Å². The van der Waals surface area contributed by atoms with Gasteiger partial charge in [-0.15, -0.1) is 0 Å². The lowest BCUT2D eigenvalue weighted by molar-refractivity contribution is 0.405. The van der Waals surface area contributed by atoms with Gasteiger partial charge in [0, 0.05) is 32.1 Å². The summed E-state index contributed by atoms with van der Waals surface area (Å²) in [6, 6.07) is 13.8. The molecule has 0 saturated carbocycles. The minimum atomic E-state index is 0.746. The Morgan fingerprint density at radius 3 is 2.36 bits per heavy atom. The first-order chi connectivity index (χ1) is 10.5. The van der Waals surface area contributed by atoms with E-state index < -0.39 is 0 Å². The minimum absolute atomic E-state index is 0.746. The maximum atomic E-state index is 6.13. The van der Waals surface area contributed by atoms with Crippen LogP contribution in [0.3, 0.4) is 0 Å². The van der Waals surface area contributed by atoms with Gasteiger partial charge in [0.25, 0.3) is 0 Å². The van der Waals surface area contributed by atoms with Crippen LogP contribution in [-0.4, -0.2) is 32.1 Å². The summed E-state index contributed by atoms with van der Waals surface area (Å²) in [6.07, 6.45) is 1.09. The molecule has 0 saturated heterocycles. The molecule has 118 valence electrons. The maximum Gasteiger partial charge on any atom is 0.0496 e. The third-order valence-electron chi connectivity index (χ3n) is 3.08. The van der Waals surface area contributed by atoms with Gasteiger partial charge in [-0.25, -0.2) is 0 Å². The van der Waals surface area contributed by atoms with Gasteiger partial charge in [0.1, 0.15) is 0 Å². The second-order valence-corrected chi connectivity index (χ2v) is 7.27. The molecule has 0 unspecified atom stereocenters. The summed E-state index contributed by atoms with van der Waals surface area (Å²) >= 11 is 13.8. The van der Waals surface area contributed by atoms with Crippen molar-refractivity contribution in [3.63, 3.8) is 0 Å². The standard InChI is InChI=1S/C17H20Cl2N2S/c1-21(2)11-3-10-20-16-12-14(19)6-9-17(16)22-15-7-4-13(18)5-8-15/h4-9,12,20H,3,10-11H2,1-2H3. The van der Waals surface area contributed by atoms with Crippen LogP contribution in [0.2, 0.25) is 10.0 Å². The second kappa shape index (κ2) is 8.68. The van der Waals surface area contributed by atoms with Gasteiger partial charge >= 0.3 is 0 Å². The number of anilines is 1. The van der Waals surface area contributed by atoms with E-state index in [-0.39, 0.29) is 0 Å². The third-order valence-corrected chi connectivity index (χ3v) is 4.65. The molecule has 22 heavy (non-hydrogen) atoms. The van der Waals surface area contributed by atoms with E-state index in [0.717, 1.165) is 45.0 Å². The van der Waals surface area contributed by atoms with Crippen LogP contribution in [0.25, 0.3) is 0 Å². The van der Waals surface area contributed by atoms with E-state index in [2.05, 4.69) is 30.4 Å². The molecule has 0 aliphatic carbocycles. The largest absolute Gasteiger partial charge is 0.384 e. The van der Waals surface area contributed by atoms with Crippen LogP contribution in [0, 0.1) is 0 Å². The molecule has 1 N–H and O–H groups in total. The highest BCUT2D eigenvalue weighted by molar-refractivity contribution is 7.99. The first kappa shape index (κ1) is 17.5. The van der Waals surface area contributed by atoms with Crippen LogP contribution in [0.15, 0.2) is 52.3 Å². The van der Waals surface area contributed by atoms with Gasteiger partial charge in [0.15, 0.2) is 0 Å². The molecule has 0 atom stereocenters. The zero-order valence-corrected chi connectivity index (χ0v) is 15.1. The van der Waals surface area contributed by atoms with E-state index in [4.69, 9.17) is 23.2 Å². The van der Waals surface area contributed by atoms with Crippen LogP contribution in [0.4, 0.5) is 5.69 Å². The molecule has 0 aliphatic rings. The molecule has 2 aromatic rings. The minimum Gasteiger partial charge on any atom is -0.384 e. The Hall–Kier alpha value is -0.870. The molecule has 0 fully saturated rings. The predicted molar refractivity (Wildman–Crippen MR) is 98.7 cm³/mol. The molecular weight excluding hydrogens is 335 g/mol. The van der Waals surface area contributed by atoms with Crippen molar-refractivity contribution in [2.24, 2.45) is 0 Å². The van der Waals surface area contributed by atoms with Crippen LogP contribution >= 0.6 is 35.0 Å². The van der Waals surface area contributed by atoms with Crippen molar-refractivity contribution in [2.75, 3.05) is 32.5 Å². The molecule has 2 rings (SSSR count). The van der Waals surface area contributed by atoms with Gasteiger partial charge in [-0.05, 0) is 69.5 Å². The summed E-state index contributed by atoms with van der Waals surface area (Å²) in [5.74, 6) is 0. The molecule has 0 aromatic heterocycles. The molecule has 0 aliphatic heterocycles. The van der Waals surface area contributed by atoms with Gasteiger partial charge in [-0.3, -0.25) is 0 Å². The Kier molecular flexibility index (Phi) is 6.90. The third kappa shape index (κ3) is 5.73. The summed E-state index contributed by atoms with van der Waals surface area (Å²) in [5.41, 5.74) is 1.08. The number of hydrogen-bond donors (Lipinski definition) is 1. The van der Waals surface area contributed by atoms with Crippen LogP contribution in [0.5, 0.6) is 0 Å². The van der Waals surface area contributed by atoms with Crippen molar-refractivity contribution < 1.29 is 0 Å². The fourth-order valence-corrected chi connectivity index (χ4v) is 3.18. The molecule has 0 amide bonds. The molecule has 2 aromatic carbocycles. The van der Waals surface area contributed by atoms with Crippen LogP contribution < -0.4 is 5.32 Å².